The quantitative estimate of drug-likeness (QED) is 0.180. The summed E-state index contributed by atoms with van der Waals surface area (Å²) in [6.45, 7) is 0. The minimum Gasteiger partial charge on any atom is -0.0963 e. The standard InChI is InChI=1S/C25H30B2Br2/c26-19-9-11-21-22-12-10-20(27)18-24(22)25(23(21)17-19,13-5-1-3-7-15-28)14-6-2-4-8-16-29/h9-12,17-18H,1-8,13-16H2. The summed E-state index contributed by atoms with van der Waals surface area (Å²) in [5.74, 6) is 0. The zero-order chi connectivity index (χ0) is 20.7. The van der Waals surface area contributed by atoms with Gasteiger partial charge in [0, 0.05) is 16.1 Å². The van der Waals surface area contributed by atoms with E-state index in [1.807, 2.05) is 12.1 Å². The largest absolute Gasteiger partial charge is 0.113 e. The average Bonchev–Trinajstić information content (AvgIpc) is 2.96. The molecule has 2 aromatic rings. The molecule has 1 aliphatic rings. The average molecular weight is 512 g/mol. The number of benzene rings is 2. The van der Waals surface area contributed by atoms with Gasteiger partial charge < -0.3 is 0 Å². The Hall–Kier alpha value is -0.470. The molecular weight excluding hydrogens is 482 g/mol. The first kappa shape index (κ1) is 23.2. The molecule has 0 N–H and O–H groups in total. The van der Waals surface area contributed by atoms with Crippen LogP contribution in [-0.4, -0.2) is 26.4 Å². The van der Waals surface area contributed by atoms with E-state index in [4.69, 9.17) is 15.7 Å². The van der Waals surface area contributed by atoms with E-state index in [0.29, 0.717) is 0 Å². The lowest BCUT2D eigenvalue weighted by atomic mass is 9.69. The Labute approximate surface area is 196 Å². The highest BCUT2D eigenvalue weighted by atomic mass is 79.9. The third-order valence-electron chi connectivity index (χ3n) is 6.38. The van der Waals surface area contributed by atoms with Crippen molar-refractivity contribution in [3.8, 4) is 11.1 Å². The molecule has 4 radical (unpaired) electrons. The van der Waals surface area contributed by atoms with E-state index in [1.165, 1.54) is 86.5 Å². The summed E-state index contributed by atoms with van der Waals surface area (Å²) in [5, 5.41) is 2.20. The van der Waals surface area contributed by atoms with Crippen LogP contribution >= 0.6 is 31.9 Å². The van der Waals surface area contributed by atoms with Gasteiger partial charge in [0.05, 0.1) is 0 Å². The maximum Gasteiger partial charge on any atom is 0.113 e. The summed E-state index contributed by atoms with van der Waals surface area (Å²) < 4.78 is 0. The number of halogens is 2. The monoisotopic (exact) mass is 510 g/mol. The summed E-state index contributed by atoms with van der Waals surface area (Å²) in [6, 6.07) is 13.0. The predicted octanol–water partition coefficient (Wildman–Crippen LogP) is 6.23. The van der Waals surface area contributed by atoms with Gasteiger partial charge >= 0.3 is 0 Å². The first-order valence-electron chi connectivity index (χ1n) is 11.0. The van der Waals surface area contributed by atoms with Crippen molar-refractivity contribution < 1.29 is 0 Å². The Kier molecular flexibility index (Phi) is 8.99. The van der Waals surface area contributed by atoms with Crippen molar-refractivity contribution in [2.75, 3.05) is 10.7 Å². The molecule has 0 bridgehead atoms. The van der Waals surface area contributed by atoms with Crippen molar-refractivity contribution in [2.45, 2.75) is 69.6 Å². The van der Waals surface area contributed by atoms with Crippen molar-refractivity contribution in [2.24, 2.45) is 0 Å². The fraction of sp³-hybridized carbons (Fsp3) is 0.520. The Bertz CT molecular complexity index is 736. The molecule has 0 heterocycles. The molecule has 4 heteroatoms. The molecule has 0 amide bonds. The highest BCUT2D eigenvalue weighted by Crippen LogP contribution is 2.53. The Morgan fingerprint density at radius 1 is 0.586 bits per heavy atom. The highest BCUT2D eigenvalue weighted by Gasteiger charge is 2.42. The van der Waals surface area contributed by atoms with Crippen molar-refractivity contribution in [3.63, 3.8) is 0 Å². The zero-order valence-corrected chi connectivity index (χ0v) is 20.5. The molecule has 0 nitrogen and oxygen atoms in total. The van der Waals surface area contributed by atoms with Crippen molar-refractivity contribution in [1.29, 1.82) is 0 Å². The lowest BCUT2D eigenvalue weighted by Gasteiger charge is -2.33. The van der Waals surface area contributed by atoms with Crippen molar-refractivity contribution in [1.82, 2.24) is 0 Å². The molecule has 0 saturated carbocycles. The molecule has 0 aromatic heterocycles. The van der Waals surface area contributed by atoms with Gasteiger partial charge in [-0.3, -0.25) is 0 Å². The van der Waals surface area contributed by atoms with E-state index >= 15 is 0 Å². The first-order chi connectivity index (χ1) is 14.1. The second-order valence-electron chi connectivity index (χ2n) is 8.40. The minimum absolute atomic E-state index is 0.0538. The molecular formula is C25H30B2Br2. The van der Waals surface area contributed by atoms with Gasteiger partial charge in [0.2, 0.25) is 0 Å². The molecule has 0 atom stereocenters. The van der Waals surface area contributed by atoms with Crippen molar-refractivity contribution >= 4 is 58.5 Å². The SMILES string of the molecule is [B]c1ccc2c(c1)C(CCCCCCBr)(CCCCCCBr)c1cc([B])ccc1-2. The van der Waals surface area contributed by atoms with E-state index in [2.05, 4.69) is 56.1 Å². The van der Waals surface area contributed by atoms with Gasteiger partial charge in [0.15, 0.2) is 0 Å². The Balaban J connectivity index is 1.93. The Morgan fingerprint density at radius 2 is 1.00 bits per heavy atom. The van der Waals surface area contributed by atoms with Crippen LogP contribution in [0, 0.1) is 0 Å². The molecule has 3 rings (SSSR count). The third-order valence-corrected chi connectivity index (χ3v) is 7.50. The van der Waals surface area contributed by atoms with Crippen LogP contribution < -0.4 is 10.9 Å². The summed E-state index contributed by atoms with van der Waals surface area (Å²) in [5.41, 5.74) is 7.36. The number of hydrogen-bond acceptors (Lipinski definition) is 0. The van der Waals surface area contributed by atoms with Crippen LogP contribution in [0.1, 0.15) is 75.3 Å². The number of unbranched alkanes of at least 4 members (excludes halogenated alkanes) is 6. The second kappa shape index (κ2) is 11.2. The molecule has 0 aliphatic heterocycles. The van der Waals surface area contributed by atoms with Crippen LogP contribution in [0.15, 0.2) is 36.4 Å². The maximum absolute atomic E-state index is 6.27. The van der Waals surface area contributed by atoms with Gasteiger partial charge in [-0.05, 0) is 47.9 Å². The van der Waals surface area contributed by atoms with E-state index in [-0.39, 0.29) is 5.41 Å². The smallest absolute Gasteiger partial charge is 0.0963 e. The lowest BCUT2D eigenvalue weighted by Crippen LogP contribution is -2.27. The second-order valence-corrected chi connectivity index (χ2v) is 9.98. The van der Waals surface area contributed by atoms with Crippen LogP contribution in [0.4, 0.5) is 0 Å². The third kappa shape index (κ3) is 5.42. The number of fused-ring (bicyclic) bond motifs is 3. The van der Waals surface area contributed by atoms with E-state index in [0.717, 1.165) is 21.6 Å². The van der Waals surface area contributed by atoms with Gasteiger partial charge in [0.25, 0.3) is 0 Å². The molecule has 1 aliphatic carbocycles. The zero-order valence-electron chi connectivity index (χ0n) is 17.4. The molecule has 0 fully saturated rings. The van der Waals surface area contributed by atoms with Gasteiger partial charge in [-0.2, -0.15) is 0 Å². The summed E-state index contributed by atoms with van der Waals surface area (Å²) in [7, 11) is 12.5. The van der Waals surface area contributed by atoms with E-state index < -0.39 is 0 Å². The minimum atomic E-state index is 0.0538. The first-order valence-corrected chi connectivity index (χ1v) is 13.3. The van der Waals surface area contributed by atoms with Gasteiger partial charge in [-0.1, -0.05) is 118 Å². The van der Waals surface area contributed by atoms with Gasteiger partial charge in [0.1, 0.15) is 15.7 Å². The lowest BCUT2D eigenvalue weighted by molar-refractivity contribution is 0.401. The number of alkyl halides is 2. The molecule has 29 heavy (non-hydrogen) atoms. The van der Waals surface area contributed by atoms with Gasteiger partial charge in [-0.25, -0.2) is 0 Å². The summed E-state index contributed by atoms with van der Waals surface area (Å²) in [6.07, 6.45) is 12.5. The summed E-state index contributed by atoms with van der Waals surface area (Å²) in [4.78, 5) is 0. The van der Waals surface area contributed by atoms with Crippen LogP contribution in [0.25, 0.3) is 11.1 Å². The van der Waals surface area contributed by atoms with E-state index in [1.54, 1.807) is 0 Å². The number of rotatable bonds is 12. The molecule has 2 aromatic carbocycles. The number of hydrogen-bond donors (Lipinski definition) is 0. The normalized spacial score (nSPS) is 14.0. The highest BCUT2D eigenvalue weighted by molar-refractivity contribution is 9.09. The molecule has 0 saturated heterocycles. The molecule has 150 valence electrons. The molecule has 0 unspecified atom stereocenters. The fourth-order valence-corrected chi connectivity index (χ4v) is 5.74. The van der Waals surface area contributed by atoms with Crippen LogP contribution in [0.5, 0.6) is 0 Å². The Morgan fingerprint density at radius 3 is 1.41 bits per heavy atom. The molecule has 0 spiro atoms. The summed E-state index contributed by atoms with van der Waals surface area (Å²) >= 11 is 7.12. The maximum atomic E-state index is 6.27. The van der Waals surface area contributed by atoms with Crippen LogP contribution in [0.2, 0.25) is 0 Å². The topological polar surface area (TPSA) is 0 Å². The van der Waals surface area contributed by atoms with E-state index in [9.17, 15) is 0 Å². The van der Waals surface area contributed by atoms with Crippen LogP contribution in [0.3, 0.4) is 0 Å². The van der Waals surface area contributed by atoms with Gasteiger partial charge in [-0.15, -0.1) is 0 Å². The van der Waals surface area contributed by atoms with Crippen molar-refractivity contribution in [3.05, 3.63) is 47.5 Å². The van der Waals surface area contributed by atoms with Crippen LogP contribution in [-0.2, 0) is 5.41 Å². The fourth-order valence-electron chi connectivity index (χ4n) is 4.94. The predicted molar refractivity (Wildman–Crippen MR) is 137 cm³/mol.